The van der Waals surface area contributed by atoms with Gasteiger partial charge in [-0.1, -0.05) is 16.8 Å². The molecule has 0 fully saturated rings. The molecule has 0 radical (unpaired) electrons. The summed E-state index contributed by atoms with van der Waals surface area (Å²) in [6.45, 7) is 0. The number of anilines is 1. The smallest absolute Gasteiger partial charge is 0.294 e. The lowest BCUT2D eigenvalue weighted by Crippen LogP contribution is -2.16. The maximum Gasteiger partial charge on any atom is 0.294 e. The topological polar surface area (TPSA) is 127 Å². The normalized spacial score (nSPS) is 10.2. The summed E-state index contributed by atoms with van der Waals surface area (Å²) in [4.78, 5) is 21.9. The maximum absolute atomic E-state index is 11.7. The van der Waals surface area contributed by atoms with E-state index in [0.717, 1.165) is 6.07 Å². The van der Waals surface area contributed by atoms with E-state index in [0.29, 0.717) is 0 Å². The SMILES string of the molecule is O=C(Cc1nn[nH]n1)Nc1ccc(Cl)cc1[N+](=O)[O-]. The molecule has 0 spiro atoms. The van der Waals surface area contributed by atoms with Crippen LogP contribution in [-0.2, 0) is 11.2 Å². The highest BCUT2D eigenvalue weighted by Crippen LogP contribution is 2.27. The predicted octanol–water partition coefficient (Wildman–Crippen LogP) is 0.942. The lowest BCUT2D eigenvalue weighted by molar-refractivity contribution is -0.383. The van der Waals surface area contributed by atoms with Crippen LogP contribution in [0.2, 0.25) is 5.02 Å². The standard InChI is InChI=1S/C9H7ClN6O3/c10-5-1-2-6(7(3-5)16(18)19)11-9(17)4-8-12-14-15-13-8/h1-3H,4H2,(H,11,17)(H,12,13,14,15). The Kier molecular flexibility index (Phi) is 3.66. The van der Waals surface area contributed by atoms with E-state index in [-0.39, 0.29) is 28.6 Å². The molecule has 2 aromatic rings. The van der Waals surface area contributed by atoms with Crippen molar-refractivity contribution in [1.82, 2.24) is 20.6 Å². The number of aromatic amines is 1. The number of nitro benzene ring substituents is 1. The largest absolute Gasteiger partial charge is 0.320 e. The number of nitrogens with zero attached hydrogens (tertiary/aromatic N) is 4. The molecule has 2 rings (SSSR count). The van der Waals surface area contributed by atoms with Gasteiger partial charge in [-0.05, 0) is 12.1 Å². The molecule has 0 bridgehead atoms. The molecule has 0 saturated carbocycles. The highest BCUT2D eigenvalue weighted by atomic mass is 35.5. The molecule has 0 aliphatic rings. The predicted molar refractivity (Wildman–Crippen MR) is 64.6 cm³/mol. The fourth-order valence-corrected chi connectivity index (χ4v) is 1.52. The Labute approximate surface area is 111 Å². The number of carbonyl (C=O) groups is 1. The zero-order valence-electron chi connectivity index (χ0n) is 9.33. The molecule has 9 nitrogen and oxygen atoms in total. The number of benzene rings is 1. The van der Waals surface area contributed by atoms with Crippen molar-refractivity contribution < 1.29 is 9.72 Å². The molecule has 2 N–H and O–H groups in total. The summed E-state index contributed by atoms with van der Waals surface area (Å²) in [5.41, 5.74) is -0.225. The van der Waals surface area contributed by atoms with Gasteiger partial charge in [0.25, 0.3) is 5.69 Å². The number of tetrazole rings is 1. The Morgan fingerprint density at radius 3 is 2.95 bits per heavy atom. The van der Waals surface area contributed by atoms with E-state index in [1.807, 2.05) is 0 Å². The monoisotopic (exact) mass is 282 g/mol. The Morgan fingerprint density at radius 1 is 1.53 bits per heavy atom. The maximum atomic E-state index is 11.7. The molecule has 19 heavy (non-hydrogen) atoms. The van der Waals surface area contributed by atoms with Crippen LogP contribution in [0, 0.1) is 10.1 Å². The van der Waals surface area contributed by atoms with E-state index in [9.17, 15) is 14.9 Å². The van der Waals surface area contributed by atoms with Crippen molar-refractivity contribution in [1.29, 1.82) is 0 Å². The summed E-state index contributed by atoms with van der Waals surface area (Å²) in [6.07, 6.45) is -0.143. The minimum absolute atomic E-state index is 0.0582. The number of hydrogen-bond acceptors (Lipinski definition) is 6. The molecule has 98 valence electrons. The lowest BCUT2D eigenvalue weighted by Gasteiger charge is -2.04. The zero-order chi connectivity index (χ0) is 13.8. The van der Waals surface area contributed by atoms with Crippen molar-refractivity contribution in [2.75, 3.05) is 5.32 Å². The Hall–Kier alpha value is -2.55. The number of rotatable bonds is 4. The van der Waals surface area contributed by atoms with Gasteiger partial charge in [0.15, 0.2) is 5.82 Å². The van der Waals surface area contributed by atoms with Gasteiger partial charge in [-0.15, -0.1) is 10.2 Å². The van der Waals surface area contributed by atoms with E-state index in [4.69, 9.17) is 11.6 Å². The van der Waals surface area contributed by atoms with Crippen molar-refractivity contribution >= 4 is 28.9 Å². The second kappa shape index (κ2) is 5.40. The number of H-pyrrole nitrogens is 1. The lowest BCUT2D eigenvalue weighted by atomic mass is 10.2. The van der Waals surface area contributed by atoms with Crippen LogP contribution in [0.3, 0.4) is 0 Å². The van der Waals surface area contributed by atoms with Crippen LogP contribution in [0.25, 0.3) is 0 Å². The Bertz CT molecular complexity index is 614. The van der Waals surface area contributed by atoms with E-state index in [1.54, 1.807) is 0 Å². The number of aromatic nitrogens is 4. The number of nitrogens with one attached hydrogen (secondary N) is 2. The molecule has 0 saturated heterocycles. The first kappa shape index (κ1) is 12.9. The number of halogens is 1. The molecule has 0 atom stereocenters. The third kappa shape index (κ3) is 3.22. The van der Waals surface area contributed by atoms with Crippen LogP contribution in [0.4, 0.5) is 11.4 Å². The summed E-state index contributed by atoms with van der Waals surface area (Å²) in [5.74, 6) is -0.305. The van der Waals surface area contributed by atoms with Crippen molar-refractivity contribution in [2.24, 2.45) is 0 Å². The number of amides is 1. The third-order valence-corrected chi connectivity index (χ3v) is 2.37. The molecule has 0 aliphatic carbocycles. The number of carbonyl (C=O) groups excluding carboxylic acids is 1. The summed E-state index contributed by atoms with van der Waals surface area (Å²) >= 11 is 5.66. The van der Waals surface area contributed by atoms with Gasteiger partial charge >= 0.3 is 0 Å². The van der Waals surface area contributed by atoms with Gasteiger partial charge in [-0.25, -0.2) is 0 Å². The number of nitro groups is 1. The molecule has 0 aliphatic heterocycles. The van der Waals surface area contributed by atoms with Gasteiger partial charge in [0.1, 0.15) is 5.69 Å². The fourth-order valence-electron chi connectivity index (χ4n) is 1.36. The van der Waals surface area contributed by atoms with Crippen molar-refractivity contribution in [3.8, 4) is 0 Å². The molecular formula is C9H7ClN6O3. The summed E-state index contributed by atoms with van der Waals surface area (Å²) in [7, 11) is 0. The van der Waals surface area contributed by atoms with E-state index >= 15 is 0 Å². The van der Waals surface area contributed by atoms with Gasteiger partial charge in [0.2, 0.25) is 5.91 Å². The Balaban J connectivity index is 2.14. The third-order valence-electron chi connectivity index (χ3n) is 2.14. The average molecular weight is 283 g/mol. The molecule has 1 heterocycles. The first-order chi connectivity index (χ1) is 9.06. The van der Waals surface area contributed by atoms with Gasteiger partial charge in [0.05, 0.1) is 11.3 Å². The van der Waals surface area contributed by atoms with Crippen LogP contribution in [0.5, 0.6) is 0 Å². The molecule has 1 aromatic carbocycles. The Morgan fingerprint density at radius 2 is 2.32 bits per heavy atom. The second-order valence-corrected chi connectivity index (χ2v) is 3.91. The van der Waals surface area contributed by atoms with Crippen LogP contribution in [-0.4, -0.2) is 31.5 Å². The minimum atomic E-state index is -0.629. The summed E-state index contributed by atoms with van der Waals surface area (Å²) < 4.78 is 0. The van der Waals surface area contributed by atoms with Gasteiger partial charge < -0.3 is 5.32 Å². The first-order valence-electron chi connectivity index (χ1n) is 5.02. The van der Waals surface area contributed by atoms with E-state index in [1.165, 1.54) is 12.1 Å². The van der Waals surface area contributed by atoms with Crippen LogP contribution < -0.4 is 5.32 Å². The van der Waals surface area contributed by atoms with Crippen molar-refractivity contribution in [2.45, 2.75) is 6.42 Å². The van der Waals surface area contributed by atoms with Crippen LogP contribution in [0.1, 0.15) is 5.82 Å². The molecule has 1 aromatic heterocycles. The van der Waals surface area contributed by atoms with E-state index < -0.39 is 10.8 Å². The van der Waals surface area contributed by atoms with E-state index in [2.05, 4.69) is 25.9 Å². The molecule has 1 amide bonds. The number of hydrogen-bond donors (Lipinski definition) is 2. The van der Waals surface area contributed by atoms with Crippen molar-refractivity contribution in [3.63, 3.8) is 0 Å². The highest BCUT2D eigenvalue weighted by molar-refractivity contribution is 6.31. The quantitative estimate of drug-likeness (QED) is 0.634. The van der Waals surface area contributed by atoms with Crippen molar-refractivity contribution in [3.05, 3.63) is 39.2 Å². The van der Waals surface area contributed by atoms with Gasteiger partial charge in [-0.3, -0.25) is 14.9 Å². The van der Waals surface area contributed by atoms with Crippen LogP contribution >= 0.6 is 11.6 Å². The summed E-state index contributed by atoms with van der Waals surface area (Å²) in [6, 6.07) is 3.96. The van der Waals surface area contributed by atoms with Gasteiger partial charge in [-0.2, -0.15) is 5.21 Å². The minimum Gasteiger partial charge on any atom is -0.320 e. The summed E-state index contributed by atoms with van der Waals surface area (Å²) in [5, 5.41) is 26.1. The molecule has 10 heteroatoms. The second-order valence-electron chi connectivity index (χ2n) is 3.47. The fraction of sp³-hybridized carbons (Fsp3) is 0.111. The zero-order valence-corrected chi connectivity index (χ0v) is 10.1. The first-order valence-corrected chi connectivity index (χ1v) is 5.40. The average Bonchev–Trinajstić information content (AvgIpc) is 2.83. The molecular weight excluding hydrogens is 276 g/mol. The highest BCUT2D eigenvalue weighted by Gasteiger charge is 2.17. The van der Waals surface area contributed by atoms with Gasteiger partial charge in [0, 0.05) is 11.1 Å². The van der Waals surface area contributed by atoms with Crippen LogP contribution in [0.15, 0.2) is 18.2 Å². The molecule has 0 unspecified atom stereocenters.